The molecule has 2 N–H and O–H groups in total. The Morgan fingerprint density at radius 1 is 1.30 bits per heavy atom. The van der Waals surface area contributed by atoms with Gasteiger partial charge in [-0.15, -0.1) is 24.0 Å². The lowest BCUT2D eigenvalue weighted by Gasteiger charge is -2.40. The molecule has 164 valence electrons. The fourth-order valence-electron chi connectivity index (χ4n) is 4.66. The first-order valence-electron chi connectivity index (χ1n) is 10.8. The molecule has 1 saturated carbocycles. The van der Waals surface area contributed by atoms with Gasteiger partial charge in [0.25, 0.3) is 0 Å². The number of fused-ring (bicyclic) bond motifs is 1. The highest BCUT2D eigenvalue weighted by Crippen LogP contribution is 2.46. The molecule has 7 heteroatoms. The third-order valence-corrected chi connectivity index (χ3v) is 6.02. The van der Waals surface area contributed by atoms with Crippen molar-refractivity contribution in [3.63, 3.8) is 0 Å². The number of halogens is 1. The number of ether oxygens (including phenoxy) is 1. The second-order valence-corrected chi connectivity index (χ2v) is 8.75. The van der Waals surface area contributed by atoms with Crippen molar-refractivity contribution in [2.24, 2.45) is 10.9 Å². The fourth-order valence-corrected chi connectivity index (χ4v) is 4.66. The molecule has 0 bridgehead atoms. The van der Waals surface area contributed by atoms with Gasteiger partial charge in [-0.05, 0) is 37.7 Å². The van der Waals surface area contributed by atoms with Gasteiger partial charge in [0.1, 0.15) is 17.2 Å². The van der Waals surface area contributed by atoms with E-state index in [1.54, 1.807) is 0 Å². The summed E-state index contributed by atoms with van der Waals surface area (Å²) in [4.78, 5) is 8.99. The number of nitrogens with one attached hydrogen (secondary N) is 2. The van der Waals surface area contributed by atoms with Gasteiger partial charge in [0.05, 0.1) is 12.6 Å². The van der Waals surface area contributed by atoms with Crippen LogP contribution in [0.4, 0.5) is 0 Å². The molecule has 2 aliphatic rings. The summed E-state index contributed by atoms with van der Waals surface area (Å²) in [5.74, 6) is 3.43. The first-order valence-corrected chi connectivity index (χ1v) is 10.8. The van der Waals surface area contributed by atoms with E-state index in [2.05, 4.69) is 63.3 Å². The molecule has 1 aliphatic carbocycles. The Morgan fingerprint density at radius 2 is 2.07 bits per heavy atom. The zero-order valence-electron chi connectivity index (χ0n) is 18.2. The summed E-state index contributed by atoms with van der Waals surface area (Å²) in [6.45, 7) is 6.06. The van der Waals surface area contributed by atoms with E-state index in [9.17, 15) is 0 Å². The van der Waals surface area contributed by atoms with Crippen LogP contribution >= 0.6 is 24.0 Å². The number of hydrogen-bond donors (Lipinski definition) is 2. The summed E-state index contributed by atoms with van der Waals surface area (Å²) in [6, 6.07) is 8.60. The number of para-hydroxylation sites is 1. The first kappa shape index (κ1) is 22.9. The Kier molecular flexibility index (Phi) is 7.65. The molecule has 1 aromatic heterocycles. The monoisotopic (exact) mass is 523 g/mol. The molecule has 1 unspecified atom stereocenters. The van der Waals surface area contributed by atoms with Crippen molar-refractivity contribution >= 4 is 29.9 Å². The summed E-state index contributed by atoms with van der Waals surface area (Å²) in [7, 11) is 1.83. The molecule has 30 heavy (non-hydrogen) atoms. The number of guanidine groups is 1. The van der Waals surface area contributed by atoms with Crippen LogP contribution < -0.4 is 15.4 Å². The van der Waals surface area contributed by atoms with Gasteiger partial charge in [0.15, 0.2) is 5.96 Å². The molecule has 2 aromatic rings. The van der Waals surface area contributed by atoms with Crippen LogP contribution in [-0.4, -0.2) is 28.2 Å². The van der Waals surface area contributed by atoms with Crippen molar-refractivity contribution in [2.45, 2.75) is 70.7 Å². The van der Waals surface area contributed by atoms with Crippen molar-refractivity contribution in [1.29, 1.82) is 0 Å². The van der Waals surface area contributed by atoms with Crippen molar-refractivity contribution in [3.8, 4) is 5.75 Å². The maximum absolute atomic E-state index is 6.48. The minimum absolute atomic E-state index is 0. The fraction of sp³-hybridized carbons (Fsp3) is 0.565. The van der Waals surface area contributed by atoms with Crippen LogP contribution in [0.15, 0.2) is 41.7 Å². The molecule has 1 aliphatic heterocycles. The largest absolute Gasteiger partial charge is 0.487 e. The third-order valence-electron chi connectivity index (χ3n) is 6.02. The molecule has 2 heterocycles. The highest BCUT2D eigenvalue weighted by molar-refractivity contribution is 14.0. The molecule has 6 nitrogen and oxygen atoms in total. The molecule has 1 spiro atoms. The standard InChI is InChI=1S/C23H33N5O.HI/c1-17(2)16-28-13-12-25-21(28)15-26-22(24-3)27-19-14-23(10-6-7-11-23)29-20-9-5-4-8-18(19)20;/h4-5,8-9,12-13,17,19H,6-7,10-11,14-16H2,1-3H3,(H2,24,26,27);1H. The van der Waals surface area contributed by atoms with Gasteiger partial charge < -0.3 is 19.9 Å². The van der Waals surface area contributed by atoms with E-state index < -0.39 is 0 Å². The topological polar surface area (TPSA) is 63.5 Å². The molecule has 4 rings (SSSR count). The first-order chi connectivity index (χ1) is 14.1. The molecular formula is C23H34IN5O. The maximum atomic E-state index is 6.48. The lowest BCUT2D eigenvalue weighted by Crippen LogP contribution is -2.46. The van der Waals surface area contributed by atoms with Crippen LogP contribution in [0.5, 0.6) is 5.75 Å². The van der Waals surface area contributed by atoms with E-state index in [1.807, 2.05) is 19.4 Å². The molecule has 0 saturated heterocycles. The summed E-state index contributed by atoms with van der Waals surface area (Å²) >= 11 is 0. The van der Waals surface area contributed by atoms with Gasteiger partial charge in [-0.25, -0.2) is 4.98 Å². The molecular weight excluding hydrogens is 489 g/mol. The number of aliphatic imine (C=N–C) groups is 1. The van der Waals surface area contributed by atoms with Gasteiger partial charge in [0, 0.05) is 38.0 Å². The van der Waals surface area contributed by atoms with Crippen LogP contribution in [-0.2, 0) is 13.1 Å². The predicted molar refractivity (Wildman–Crippen MR) is 131 cm³/mol. The van der Waals surface area contributed by atoms with Crippen molar-refractivity contribution < 1.29 is 4.74 Å². The Hall–Kier alpha value is -1.77. The number of benzene rings is 1. The van der Waals surface area contributed by atoms with Gasteiger partial charge in [0.2, 0.25) is 0 Å². The highest BCUT2D eigenvalue weighted by atomic mass is 127. The van der Waals surface area contributed by atoms with E-state index in [1.165, 1.54) is 18.4 Å². The van der Waals surface area contributed by atoms with Crippen molar-refractivity contribution in [3.05, 3.63) is 48.0 Å². The zero-order chi connectivity index (χ0) is 20.3. The SMILES string of the molecule is CN=C(NCc1nccn1CC(C)C)NC1CC2(CCCC2)Oc2ccccc21.I. The van der Waals surface area contributed by atoms with E-state index in [0.29, 0.717) is 12.5 Å². The van der Waals surface area contributed by atoms with Gasteiger partial charge in [-0.3, -0.25) is 4.99 Å². The van der Waals surface area contributed by atoms with E-state index >= 15 is 0 Å². The van der Waals surface area contributed by atoms with Crippen LogP contribution in [0.25, 0.3) is 0 Å². The zero-order valence-corrected chi connectivity index (χ0v) is 20.6. The molecule has 0 radical (unpaired) electrons. The minimum atomic E-state index is -0.0294. The number of imidazole rings is 1. The van der Waals surface area contributed by atoms with Crippen LogP contribution in [0.2, 0.25) is 0 Å². The highest BCUT2D eigenvalue weighted by Gasteiger charge is 2.43. The van der Waals surface area contributed by atoms with E-state index in [0.717, 1.165) is 43.3 Å². The van der Waals surface area contributed by atoms with Crippen LogP contribution in [0, 0.1) is 5.92 Å². The number of rotatable bonds is 5. The summed E-state index contributed by atoms with van der Waals surface area (Å²) in [5.41, 5.74) is 1.19. The predicted octanol–water partition coefficient (Wildman–Crippen LogP) is 4.66. The second kappa shape index (κ2) is 10.0. The molecule has 1 aromatic carbocycles. The second-order valence-electron chi connectivity index (χ2n) is 8.75. The average Bonchev–Trinajstić information content (AvgIpc) is 3.34. The number of hydrogen-bond acceptors (Lipinski definition) is 3. The Labute approximate surface area is 196 Å². The lowest BCUT2D eigenvalue weighted by atomic mass is 9.86. The quantitative estimate of drug-likeness (QED) is 0.340. The Morgan fingerprint density at radius 3 is 2.80 bits per heavy atom. The molecule has 0 amide bonds. The Bertz CT molecular complexity index is 857. The number of nitrogens with zero attached hydrogens (tertiary/aromatic N) is 3. The van der Waals surface area contributed by atoms with Crippen LogP contribution in [0.1, 0.15) is 63.4 Å². The number of aromatic nitrogens is 2. The van der Waals surface area contributed by atoms with Crippen LogP contribution in [0.3, 0.4) is 0 Å². The average molecular weight is 523 g/mol. The summed E-state index contributed by atoms with van der Waals surface area (Å²) in [5, 5.41) is 7.11. The van der Waals surface area contributed by atoms with E-state index in [-0.39, 0.29) is 35.6 Å². The lowest BCUT2D eigenvalue weighted by molar-refractivity contribution is 0.0396. The van der Waals surface area contributed by atoms with Gasteiger partial charge in [-0.2, -0.15) is 0 Å². The summed E-state index contributed by atoms with van der Waals surface area (Å²) < 4.78 is 8.69. The molecule has 1 atom stereocenters. The van der Waals surface area contributed by atoms with Gasteiger partial charge in [-0.1, -0.05) is 32.0 Å². The molecule has 1 fully saturated rings. The Balaban J connectivity index is 0.00000256. The van der Waals surface area contributed by atoms with E-state index in [4.69, 9.17) is 4.74 Å². The summed E-state index contributed by atoms with van der Waals surface area (Å²) in [6.07, 6.45) is 9.67. The van der Waals surface area contributed by atoms with Crippen molar-refractivity contribution in [2.75, 3.05) is 7.05 Å². The smallest absolute Gasteiger partial charge is 0.191 e. The normalized spacial score (nSPS) is 19.9. The third kappa shape index (κ3) is 5.10. The van der Waals surface area contributed by atoms with Crippen molar-refractivity contribution in [1.82, 2.24) is 20.2 Å². The van der Waals surface area contributed by atoms with Gasteiger partial charge >= 0.3 is 0 Å². The maximum Gasteiger partial charge on any atom is 0.191 e. The minimum Gasteiger partial charge on any atom is -0.487 e.